The van der Waals surface area contributed by atoms with E-state index in [-0.39, 0.29) is 18.4 Å². The van der Waals surface area contributed by atoms with Gasteiger partial charge in [0.15, 0.2) is 0 Å². The number of hydrogen-bond acceptors (Lipinski definition) is 3. The average Bonchev–Trinajstić information content (AvgIpc) is 2.33. The van der Waals surface area contributed by atoms with E-state index in [9.17, 15) is 9.90 Å². The summed E-state index contributed by atoms with van der Waals surface area (Å²) in [5, 5.41) is 12.6. The largest absolute Gasteiger partial charge is 0.496 e. The van der Waals surface area contributed by atoms with Crippen LogP contribution in [0.1, 0.15) is 18.4 Å². The second-order valence-electron chi connectivity index (χ2n) is 4.93. The number of rotatable bonds is 5. The average molecular weight is 284 g/mol. The highest BCUT2D eigenvalue weighted by Gasteiger charge is 2.27. The van der Waals surface area contributed by atoms with Crippen molar-refractivity contribution in [2.24, 2.45) is 5.92 Å². The van der Waals surface area contributed by atoms with Gasteiger partial charge in [0, 0.05) is 17.1 Å². The summed E-state index contributed by atoms with van der Waals surface area (Å²) < 4.78 is 5.20. The Balaban J connectivity index is 1.86. The van der Waals surface area contributed by atoms with E-state index in [1.165, 1.54) is 0 Å². The Morgan fingerprint density at radius 3 is 2.89 bits per heavy atom. The van der Waals surface area contributed by atoms with Gasteiger partial charge in [0.05, 0.1) is 19.6 Å². The first-order valence-corrected chi connectivity index (χ1v) is 6.73. The van der Waals surface area contributed by atoms with Crippen molar-refractivity contribution in [2.75, 3.05) is 13.7 Å². The molecule has 0 aromatic heterocycles. The van der Waals surface area contributed by atoms with Crippen molar-refractivity contribution in [3.05, 3.63) is 28.8 Å². The van der Waals surface area contributed by atoms with E-state index >= 15 is 0 Å². The summed E-state index contributed by atoms with van der Waals surface area (Å²) in [7, 11) is 1.57. The minimum atomic E-state index is -0.185. The molecule has 1 saturated carbocycles. The third-order valence-corrected chi connectivity index (χ3v) is 3.63. The molecular weight excluding hydrogens is 266 g/mol. The van der Waals surface area contributed by atoms with Gasteiger partial charge in [-0.3, -0.25) is 4.79 Å². The molecular formula is C14H18ClNO3. The van der Waals surface area contributed by atoms with Crippen molar-refractivity contribution in [2.45, 2.75) is 25.4 Å². The lowest BCUT2D eigenvalue weighted by atomic mass is 9.82. The van der Waals surface area contributed by atoms with Crippen LogP contribution >= 0.6 is 11.6 Å². The van der Waals surface area contributed by atoms with E-state index in [4.69, 9.17) is 16.3 Å². The summed E-state index contributed by atoms with van der Waals surface area (Å²) in [6.45, 7) is 0.624. The fourth-order valence-corrected chi connectivity index (χ4v) is 2.44. The van der Waals surface area contributed by atoms with Crippen LogP contribution in [0.5, 0.6) is 5.75 Å². The monoisotopic (exact) mass is 283 g/mol. The van der Waals surface area contributed by atoms with E-state index in [2.05, 4.69) is 5.32 Å². The number of aliphatic hydroxyl groups excluding tert-OH is 1. The predicted molar refractivity (Wildman–Crippen MR) is 73.4 cm³/mol. The quantitative estimate of drug-likeness (QED) is 0.866. The van der Waals surface area contributed by atoms with Crippen molar-refractivity contribution >= 4 is 17.5 Å². The van der Waals surface area contributed by atoms with E-state index in [0.29, 0.717) is 23.2 Å². The SMILES string of the molecule is COc1ccc(Cl)cc1CC(=O)NCC1CC(O)C1. The Morgan fingerprint density at radius 1 is 1.53 bits per heavy atom. The Hall–Kier alpha value is -1.26. The van der Waals surface area contributed by atoms with Crippen LogP contribution in [0.3, 0.4) is 0 Å². The molecule has 0 heterocycles. The minimum Gasteiger partial charge on any atom is -0.496 e. The fraction of sp³-hybridized carbons (Fsp3) is 0.500. The maximum Gasteiger partial charge on any atom is 0.224 e. The molecule has 0 unspecified atom stereocenters. The van der Waals surface area contributed by atoms with Gasteiger partial charge in [-0.15, -0.1) is 0 Å². The molecule has 1 aromatic carbocycles. The highest BCUT2D eigenvalue weighted by Crippen LogP contribution is 2.26. The molecule has 0 atom stereocenters. The smallest absolute Gasteiger partial charge is 0.224 e. The predicted octanol–water partition coefficient (Wildman–Crippen LogP) is 1.78. The first-order valence-electron chi connectivity index (χ1n) is 6.35. The Kier molecular flexibility index (Phi) is 4.66. The Labute approximate surface area is 117 Å². The number of carbonyl (C=O) groups excluding carboxylic acids is 1. The lowest BCUT2D eigenvalue weighted by molar-refractivity contribution is -0.121. The van der Waals surface area contributed by atoms with Gasteiger partial charge in [0.2, 0.25) is 5.91 Å². The maximum absolute atomic E-state index is 11.8. The second kappa shape index (κ2) is 6.26. The molecule has 19 heavy (non-hydrogen) atoms. The standard InChI is InChI=1S/C14H18ClNO3/c1-19-13-3-2-11(15)6-10(13)7-14(18)16-8-9-4-12(17)5-9/h2-3,6,9,12,17H,4-5,7-8H2,1H3,(H,16,18). The van der Waals surface area contributed by atoms with E-state index in [1.54, 1.807) is 25.3 Å². The van der Waals surface area contributed by atoms with Crippen LogP contribution in [0.25, 0.3) is 0 Å². The number of hydrogen-bond donors (Lipinski definition) is 2. The topological polar surface area (TPSA) is 58.6 Å². The minimum absolute atomic E-state index is 0.0537. The molecule has 1 aliphatic carbocycles. The third kappa shape index (κ3) is 3.85. The second-order valence-corrected chi connectivity index (χ2v) is 5.36. The zero-order valence-electron chi connectivity index (χ0n) is 10.9. The van der Waals surface area contributed by atoms with Crippen LogP contribution < -0.4 is 10.1 Å². The van der Waals surface area contributed by atoms with E-state index in [1.807, 2.05) is 0 Å². The summed E-state index contributed by atoms with van der Waals surface area (Å²) in [6.07, 6.45) is 1.62. The van der Waals surface area contributed by atoms with E-state index in [0.717, 1.165) is 18.4 Å². The molecule has 1 fully saturated rings. The van der Waals surface area contributed by atoms with Gasteiger partial charge in [0.1, 0.15) is 5.75 Å². The highest BCUT2D eigenvalue weighted by molar-refractivity contribution is 6.30. The van der Waals surface area contributed by atoms with Gasteiger partial charge < -0.3 is 15.2 Å². The third-order valence-electron chi connectivity index (χ3n) is 3.39. The van der Waals surface area contributed by atoms with Gasteiger partial charge in [-0.25, -0.2) is 0 Å². The Morgan fingerprint density at radius 2 is 2.26 bits per heavy atom. The maximum atomic E-state index is 11.8. The van der Waals surface area contributed by atoms with Gasteiger partial charge in [-0.2, -0.15) is 0 Å². The number of nitrogens with one attached hydrogen (secondary N) is 1. The molecule has 1 aromatic rings. The van der Waals surface area contributed by atoms with Gasteiger partial charge in [0.25, 0.3) is 0 Å². The summed E-state index contributed by atoms with van der Waals surface area (Å²) in [4.78, 5) is 11.8. The summed E-state index contributed by atoms with van der Waals surface area (Å²) in [6, 6.07) is 5.23. The van der Waals surface area contributed by atoms with Crippen molar-refractivity contribution in [1.29, 1.82) is 0 Å². The number of amides is 1. The van der Waals surface area contributed by atoms with Crippen molar-refractivity contribution in [3.8, 4) is 5.75 Å². The zero-order valence-corrected chi connectivity index (χ0v) is 11.6. The molecule has 4 nitrogen and oxygen atoms in total. The lowest BCUT2D eigenvalue weighted by Gasteiger charge is -2.31. The van der Waals surface area contributed by atoms with Crippen LogP contribution in [-0.2, 0) is 11.2 Å². The number of aliphatic hydroxyl groups is 1. The van der Waals surface area contributed by atoms with Crippen LogP contribution in [0.4, 0.5) is 0 Å². The number of carbonyl (C=O) groups is 1. The van der Waals surface area contributed by atoms with Crippen LogP contribution in [-0.4, -0.2) is 30.8 Å². The molecule has 5 heteroatoms. The molecule has 0 aliphatic heterocycles. The number of halogens is 1. The number of ether oxygens (including phenoxy) is 1. The van der Waals surface area contributed by atoms with E-state index < -0.39 is 0 Å². The molecule has 2 N–H and O–H groups in total. The molecule has 2 rings (SSSR count). The van der Waals surface area contributed by atoms with Crippen LogP contribution in [0.15, 0.2) is 18.2 Å². The van der Waals surface area contributed by atoms with Crippen molar-refractivity contribution in [3.63, 3.8) is 0 Å². The molecule has 1 aliphatic rings. The molecule has 0 saturated heterocycles. The van der Waals surface area contributed by atoms with Crippen LogP contribution in [0, 0.1) is 5.92 Å². The fourth-order valence-electron chi connectivity index (χ4n) is 2.25. The molecule has 1 amide bonds. The van der Waals surface area contributed by atoms with Gasteiger partial charge in [-0.1, -0.05) is 11.6 Å². The normalized spacial score (nSPS) is 21.6. The van der Waals surface area contributed by atoms with Crippen molar-refractivity contribution in [1.82, 2.24) is 5.32 Å². The summed E-state index contributed by atoms with van der Waals surface area (Å²) in [5.41, 5.74) is 0.779. The van der Waals surface area contributed by atoms with Crippen LogP contribution in [0.2, 0.25) is 5.02 Å². The highest BCUT2D eigenvalue weighted by atomic mass is 35.5. The number of benzene rings is 1. The molecule has 104 valence electrons. The van der Waals surface area contributed by atoms with Crippen molar-refractivity contribution < 1.29 is 14.6 Å². The molecule has 0 radical (unpaired) electrons. The summed E-state index contributed by atoms with van der Waals surface area (Å²) >= 11 is 5.92. The van der Waals surface area contributed by atoms with Gasteiger partial charge >= 0.3 is 0 Å². The first-order chi connectivity index (χ1) is 9.08. The van der Waals surface area contributed by atoms with Gasteiger partial charge in [-0.05, 0) is 37.0 Å². The lowest BCUT2D eigenvalue weighted by Crippen LogP contribution is -2.38. The molecule has 0 bridgehead atoms. The molecule has 0 spiro atoms. The summed E-state index contributed by atoms with van der Waals surface area (Å²) in [5.74, 6) is 1.01. The first kappa shape index (κ1) is 14.2. The Bertz CT molecular complexity index is 458. The zero-order chi connectivity index (χ0) is 13.8. The number of methoxy groups -OCH3 is 1.